The molecule has 1 saturated heterocycles. The Labute approximate surface area is 102 Å². The van der Waals surface area contributed by atoms with Crippen LogP contribution in [0.25, 0.3) is 0 Å². The van der Waals surface area contributed by atoms with E-state index >= 15 is 0 Å². The molecule has 2 aliphatic heterocycles. The molecule has 1 aromatic carbocycles. The first kappa shape index (κ1) is 11.2. The third kappa shape index (κ3) is 2.09. The molecule has 3 rings (SSSR count). The zero-order valence-corrected chi connectivity index (χ0v) is 9.97. The Morgan fingerprint density at radius 2 is 1.88 bits per heavy atom. The summed E-state index contributed by atoms with van der Waals surface area (Å²) in [6.07, 6.45) is 0.551. The third-order valence-electron chi connectivity index (χ3n) is 3.68. The Hall–Kier alpha value is -0.940. The summed E-state index contributed by atoms with van der Waals surface area (Å²) in [5, 5.41) is 18.2. The van der Waals surface area contributed by atoms with Crippen LogP contribution in [-0.2, 0) is 6.42 Å². The Kier molecular flexibility index (Phi) is 3.11. The molecule has 2 aliphatic rings. The smallest absolute Gasteiger partial charge is 0.146 e. The lowest BCUT2D eigenvalue weighted by molar-refractivity contribution is -0.152. The van der Waals surface area contributed by atoms with E-state index in [4.69, 9.17) is 0 Å². The SMILES string of the molecule is OC1c2ccccc2CCN1N1CCNCC1. The number of hydrogen-bond acceptors (Lipinski definition) is 4. The van der Waals surface area contributed by atoms with Gasteiger partial charge < -0.3 is 10.4 Å². The maximum absolute atomic E-state index is 10.4. The molecule has 0 aromatic heterocycles. The maximum atomic E-state index is 10.4. The lowest BCUT2D eigenvalue weighted by Gasteiger charge is -2.43. The molecule has 0 radical (unpaired) electrons. The molecule has 92 valence electrons. The average molecular weight is 233 g/mol. The molecule has 0 aliphatic carbocycles. The van der Waals surface area contributed by atoms with Crippen LogP contribution >= 0.6 is 0 Å². The number of piperazine rings is 1. The molecule has 1 atom stereocenters. The van der Waals surface area contributed by atoms with Crippen LogP contribution in [0.3, 0.4) is 0 Å². The zero-order chi connectivity index (χ0) is 11.7. The summed E-state index contributed by atoms with van der Waals surface area (Å²) in [5.74, 6) is 0. The van der Waals surface area contributed by atoms with Crippen molar-refractivity contribution in [1.29, 1.82) is 0 Å². The fraction of sp³-hybridized carbons (Fsp3) is 0.538. The predicted molar refractivity (Wildman–Crippen MR) is 66.3 cm³/mol. The first-order chi connectivity index (χ1) is 8.36. The molecule has 0 saturated carbocycles. The molecule has 0 spiro atoms. The van der Waals surface area contributed by atoms with Crippen molar-refractivity contribution in [2.75, 3.05) is 32.7 Å². The first-order valence-electron chi connectivity index (χ1n) is 6.34. The van der Waals surface area contributed by atoms with E-state index in [1.807, 2.05) is 18.2 Å². The molecule has 2 heterocycles. The second kappa shape index (κ2) is 4.74. The average Bonchev–Trinajstić information content (AvgIpc) is 2.40. The van der Waals surface area contributed by atoms with E-state index in [0.717, 1.165) is 44.7 Å². The van der Waals surface area contributed by atoms with Gasteiger partial charge in [0.15, 0.2) is 0 Å². The van der Waals surface area contributed by atoms with E-state index < -0.39 is 6.23 Å². The largest absolute Gasteiger partial charge is 0.373 e. The number of hydrogen-bond donors (Lipinski definition) is 2. The van der Waals surface area contributed by atoms with Gasteiger partial charge in [0.1, 0.15) is 6.23 Å². The molecule has 0 bridgehead atoms. The molecule has 1 unspecified atom stereocenters. The van der Waals surface area contributed by atoms with Crippen LogP contribution in [0.5, 0.6) is 0 Å². The number of aliphatic hydroxyl groups is 1. The summed E-state index contributed by atoms with van der Waals surface area (Å²) in [4.78, 5) is 0. The van der Waals surface area contributed by atoms with Gasteiger partial charge in [0, 0.05) is 32.7 Å². The van der Waals surface area contributed by atoms with Crippen LogP contribution in [0, 0.1) is 0 Å². The summed E-state index contributed by atoms with van der Waals surface area (Å²) in [6.45, 7) is 4.90. The normalized spacial score (nSPS) is 26.8. The van der Waals surface area contributed by atoms with Crippen LogP contribution in [0.2, 0.25) is 0 Å². The molecule has 4 heteroatoms. The van der Waals surface area contributed by atoms with Gasteiger partial charge in [0.2, 0.25) is 0 Å². The van der Waals surface area contributed by atoms with Crippen molar-refractivity contribution in [3.63, 3.8) is 0 Å². The third-order valence-corrected chi connectivity index (χ3v) is 3.68. The highest BCUT2D eigenvalue weighted by atomic mass is 16.3. The van der Waals surface area contributed by atoms with Crippen LogP contribution in [0.15, 0.2) is 24.3 Å². The minimum atomic E-state index is -0.474. The van der Waals surface area contributed by atoms with E-state index in [1.54, 1.807) is 0 Å². The second-order valence-electron chi connectivity index (χ2n) is 4.69. The van der Waals surface area contributed by atoms with E-state index in [0.29, 0.717) is 0 Å². The Morgan fingerprint density at radius 1 is 1.12 bits per heavy atom. The standard InChI is InChI=1S/C13H19N3O/c17-13-12-4-2-1-3-11(12)5-8-16(13)15-9-6-14-7-10-15/h1-4,13-14,17H,5-10H2. The Balaban J connectivity index is 1.81. The lowest BCUT2D eigenvalue weighted by Crippen LogP contribution is -2.55. The van der Waals surface area contributed by atoms with Gasteiger partial charge in [-0.05, 0) is 17.5 Å². The van der Waals surface area contributed by atoms with E-state index in [1.165, 1.54) is 5.56 Å². The molecule has 0 amide bonds. The quantitative estimate of drug-likeness (QED) is 0.734. The number of fused-ring (bicyclic) bond motifs is 1. The van der Waals surface area contributed by atoms with Gasteiger partial charge in [-0.3, -0.25) is 0 Å². The fourth-order valence-electron chi connectivity index (χ4n) is 2.74. The van der Waals surface area contributed by atoms with Crippen molar-refractivity contribution >= 4 is 0 Å². The van der Waals surface area contributed by atoms with Crippen molar-refractivity contribution in [2.24, 2.45) is 0 Å². The molecule has 17 heavy (non-hydrogen) atoms. The highest BCUT2D eigenvalue weighted by Gasteiger charge is 2.29. The van der Waals surface area contributed by atoms with Gasteiger partial charge in [0.05, 0.1) is 0 Å². The molecular weight excluding hydrogens is 214 g/mol. The molecule has 2 N–H and O–H groups in total. The minimum Gasteiger partial charge on any atom is -0.373 e. The number of nitrogens with one attached hydrogen (secondary N) is 1. The van der Waals surface area contributed by atoms with Gasteiger partial charge in [0.25, 0.3) is 0 Å². The van der Waals surface area contributed by atoms with Crippen molar-refractivity contribution in [2.45, 2.75) is 12.6 Å². The van der Waals surface area contributed by atoms with Gasteiger partial charge in [-0.15, -0.1) is 0 Å². The van der Waals surface area contributed by atoms with Crippen molar-refractivity contribution in [3.8, 4) is 0 Å². The number of benzene rings is 1. The van der Waals surface area contributed by atoms with Crippen LogP contribution in [0.4, 0.5) is 0 Å². The lowest BCUT2D eigenvalue weighted by atomic mass is 9.99. The maximum Gasteiger partial charge on any atom is 0.146 e. The van der Waals surface area contributed by atoms with E-state index in [9.17, 15) is 5.11 Å². The molecular formula is C13H19N3O. The first-order valence-corrected chi connectivity index (χ1v) is 6.34. The number of rotatable bonds is 1. The van der Waals surface area contributed by atoms with Crippen LogP contribution < -0.4 is 5.32 Å². The summed E-state index contributed by atoms with van der Waals surface area (Å²) in [6, 6.07) is 8.21. The summed E-state index contributed by atoms with van der Waals surface area (Å²) in [7, 11) is 0. The Morgan fingerprint density at radius 3 is 2.71 bits per heavy atom. The summed E-state index contributed by atoms with van der Waals surface area (Å²) in [5.41, 5.74) is 2.35. The summed E-state index contributed by atoms with van der Waals surface area (Å²) >= 11 is 0. The van der Waals surface area contributed by atoms with Crippen molar-refractivity contribution < 1.29 is 5.11 Å². The number of aliphatic hydroxyl groups excluding tert-OH is 1. The van der Waals surface area contributed by atoms with Crippen LogP contribution in [-0.4, -0.2) is 47.8 Å². The zero-order valence-electron chi connectivity index (χ0n) is 9.97. The van der Waals surface area contributed by atoms with Gasteiger partial charge in [-0.25, -0.2) is 10.0 Å². The molecule has 1 aromatic rings. The molecule has 1 fully saturated rings. The number of hydrazine groups is 1. The topological polar surface area (TPSA) is 38.7 Å². The van der Waals surface area contributed by atoms with Gasteiger partial charge in [-0.2, -0.15) is 0 Å². The number of nitrogens with zero attached hydrogens (tertiary/aromatic N) is 2. The predicted octanol–water partition coefficient (Wildman–Crippen LogP) is 0.356. The van der Waals surface area contributed by atoms with Crippen LogP contribution in [0.1, 0.15) is 17.4 Å². The molecule has 4 nitrogen and oxygen atoms in total. The van der Waals surface area contributed by atoms with Crippen molar-refractivity contribution in [3.05, 3.63) is 35.4 Å². The van der Waals surface area contributed by atoms with Crippen molar-refractivity contribution in [1.82, 2.24) is 15.3 Å². The fourth-order valence-corrected chi connectivity index (χ4v) is 2.74. The van der Waals surface area contributed by atoms with Gasteiger partial charge >= 0.3 is 0 Å². The summed E-state index contributed by atoms with van der Waals surface area (Å²) < 4.78 is 0. The second-order valence-corrected chi connectivity index (χ2v) is 4.69. The van der Waals surface area contributed by atoms with E-state index in [-0.39, 0.29) is 0 Å². The van der Waals surface area contributed by atoms with E-state index in [2.05, 4.69) is 21.4 Å². The highest BCUT2D eigenvalue weighted by Crippen LogP contribution is 2.28. The Bertz CT molecular complexity index is 390. The van der Waals surface area contributed by atoms with Gasteiger partial charge in [-0.1, -0.05) is 24.3 Å². The highest BCUT2D eigenvalue weighted by molar-refractivity contribution is 5.30. The monoisotopic (exact) mass is 233 g/mol. The minimum absolute atomic E-state index is 0.474.